The summed E-state index contributed by atoms with van der Waals surface area (Å²) in [7, 11) is -1.92. The largest absolute Gasteiger partial charge is 0.394 e. The van der Waals surface area contributed by atoms with Crippen LogP contribution in [0.2, 0.25) is 12.1 Å². The van der Waals surface area contributed by atoms with Crippen LogP contribution in [-0.4, -0.2) is 21.8 Å². The van der Waals surface area contributed by atoms with E-state index in [0.29, 0.717) is 0 Å². The lowest BCUT2D eigenvalue weighted by atomic mass is 10.0. The minimum atomic E-state index is -1.92. The van der Waals surface area contributed by atoms with Gasteiger partial charge in [0.25, 0.3) is 0 Å². The number of unbranched alkanes of at least 4 members (excludes halogenated alkanes) is 2. The summed E-state index contributed by atoms with van der Waals surface area (Å²) in [6.45, 7) is 8.57. The lowest BCUT2D eigenvalue weighted by Gasteiger charge is -2.36. The highest BCUT2D eigenvalue weighted by atomic mass is 28.4. The van der Waals surface area contributed by atoms with Gasteiger partial charge in [-0.3, -0.25) is 0 Å². The Morgan fingerprint density at radius 2 is 1.39 bits per heavy atom. The fraction of sp³-hybridized carbons (Fsp3) is 1.00. The third kappa shape index (κ3) is 5.41. The van der Waals surface area contributed by atoms with Crippen LogP contribution in [-0.2, 0) is 8.85 Å². The van der Waals surface area contributed by atoms with Gasteiger partial charge in [-0.15, -0.1) is 0 Å². The molecule has 0 atom stereocenters. The molecule has 1 aliphatic carbocycles. The molecule has 0 bridgehead atoms. The summed E-state index contributed by atoms with van der Waals surface area (Å²) in [5.74, 6) is 0. The van der Waals surface area contributed by atoms with Gasteiger partial charge in [0.2, 0.25) is 0 Å². The van der Waals surface area contributed by atoms with Crippen molar-refractivity contribution in [2.45, 2.75) is 83.7 Å². The highest BCUT2D eigenvalue weighted by Gasteiger charge is 2.41. The van der Waals surface area contributed by atoms with Crippen molar-refractivity contribution < 1.29 is 8.85 Å². The van der Waals surface area contributed by atoms with Gasteiger partial charge in [0.15, 0.2) is 0 Å². The molecule has 0 saturated heterocycles. The summed E-state index contributed by atoms with van der Waals surface area (Å²) in [4.78, 5) is 0. The topological polar surface area (TPSA) is 18.5 Å². The van der Waals surface area contributed by atoms with Gasteiger partial charge >= 0.3 is 8.56 Å². The molecule has 108 valence electrons. The molecule has 2 nitrogen and oxygen atoms in total. The predicted octanol–water partition coefficient (Wildman–Crippen LogP) is 5.03. The zero-order valence-corrected chi connectivity index (χ0v) is 13.7. The van der Waals surface area contributed by atoms with E-state index >= 15 is 0 Å². The van der Waals surface area contributed by atoms with Crippen molar-refractivity contribution in [3.63, 3.8) is 0 Å². The van der Waals surface area contributed by atoms with Crippen molar-refractivity contribution >= 4 is 8.56 Å². The maximum absolute atomic E-state index is 6.27. The summed E-state index contributed by atoms with van der Waals surface area (Å²) < 4.78 is 12.5. The third-order valence-corrected chi connectivity index (χ3v) is 7.74. The van der Waals surface area contributed by atoms with Crippen LogP contribution in [0.4, 0.5) is 0 Å². The van der Waals surface area contributed by atoms with E-state index in [1.165, 1.54) is 57.8 Å². The lowest BCUT2D eigenvalue weighted by molar-refractivity contribution is 0.152. The van der Waals surface area contributed by atoms with E-state index < -0.39 is 8.56 Å². The van der Waals surface area contributed by atoms with E-state index in [1.54, 1.807) is 0 Å². The second-order valence-corrected chi connectivity index (χ2v) is 9.18. The van der Waals surface area contributed by atoms with E-state index in [2.05, 4.69) is 20.4 Å². The summed E-state index contributed by atoms with van der Waals surface area (Å²) in [6.07, 6.45) is 11.6. The Morgan fingerprint density at radius 1 is 0.889 bits per heavy atom. The molecule has 1 aliphatic rings. The van der Waals surface area contributed by atoms with Gasteiger partial charge in [0.1, 0.15) is 0 Å². The van der Waals surface area contributed by atoms with Gasteiger partial charge in [0.05, 0.1) is 0 Å². The normalized spacial score (nSPS) is 18.2. The van der Waals surface area contributed by atoms with Crippen LogP contribution in [0.15, 0.2) is 0 Å². The molecule has 0 amide bonds. The zero-order chi connectivity index (χ0) is 13.3. The smallest absolute Gasteiger partial charge is 0.338 e. The van der Waals surface area contributed by atoms with Gasteiger partial charge in [-0.1, -0.05) is 46.0 Å². The molecule has 0 aromatic rings. The summed E-state index contributed by atoms with van der Waals surface area (Å²) >= 11 is 0. The van der Waals surface area contributed by atoms with Crippen LogP contribution >= 0.6 is 0 Å². The highest BCUT2D eigenvalue weighted by Crippen LogP contribution is 2.38. The average molecular weight is 273 g/mol. The third-order valence-electron chi connectivity index (χ3n) is 4.12. The molecule has 0 radical (unpaired) electrons. The maximum Gasteiger partial charge on any atom is 0.338 e. The predicted molar refractivity (Wildman–Crippen MR) is 80.2 cm³/mol. The van der Waals surface area contributed by atoms with Crippen LogP contribution in [0, 0.1) is 0 Å². The molecule has 18 heavy (non-hydrogen) atoms. The lowest BCUT2D eigenvalue weighted by Crippen LogP contribution is -2.45. The van der Waals surface area contributed by atoms with E-state index in [4.69, 9.17) is 8.85 Å². The van der Waals surface area contributed by atoms with Crippen LogP contribution in [0.3, 0.4) is 0 Å². The molecule has 1 rings (SSSR count). The van der Waals surface area contributed by atoms with Gasteiger partial charge < -0.3 is 8.85 Å². The van der Waals surface area contributed by atoms with Crippen LogP contribution in [0.25, 0.3) is 0 Å². The highest BCUT2D eigenvalue weighted by molar-refractivity contribution is 6.67. The first-order valence-electron chi connectivity index (χ1n) is 8.00. The Labute approximate surface area is 115 Å². The maximum atomic E-state index is 6.27. The fourth-order valence-corrected chi connectivity index (χ4v) is 5.85. The van der Waals surface area contributed by atoms with Crippen LogP contribution < -0.4 is 0 Å². The monoisotopic (exact) mass is 272 g/mol. The van der Waals surface area contributed by atoms with Crippen molar-refractivity contribution in [1.29, 1.82) is 0 Å². The summed E-state index contributed by atoms with van der Waals surface area (Å²) in [5.41, 5.74) is 0.736. The molecule has 0 unspecified atom stereocenters. The first-order chi connectivity index (χ1) is 8.73. The zero-order valence-electron chi connectivity index (χ0n) is 12.7. The van der Waals surface area contributed by atoms with Crippen LogP contribution in [0.5, 0.6) is 0 Å². The first-order valence-corrected chi connectivity index (χ1v) is 10.4. The summed E-state index contributed by atoms with van der Waals surface area (Å²) in [6, 6.07) is 0. The first kappa shape index (κ1) is 16.2. The van der Waals surface area contributed by atoms with E-state index in [9.17, 15) is 0 Å². The number of rotatable bonds is 9. The molecule has 1 saturated carbocycles. The molecule has 0 spiro atoms. The van der Waals surface area contributed by atoms with E-state index in [0.717, 1.165) is 18.8 Å². The standard InChI is InChI=1S/C15H32O2Si/c1-4-6-13-16-18(3,17-14-7-5-2)15-11-9-8-10-12-15/h15H,4-14H2,1-3H3. The molecule has 3 heteroatoms. The van der Waals surface area contributed by atoms with Crippen molar-refractivity contribution in [3.8, 4) is 0 Å². The molecule has 1 fully saturated rings. The van der Waals surface area contributed by atoms with Crippen LogP contribution in [0.1, 0.15) is 71.6 Å². The summed E-state index contributed by atoms with van der Waals surface area (Å²) in [5, 5.41) is 0. The Kier molecular flexibility index (Phi) is 8.19. The van der Waals surface area contributed by atoms with Gasteiger partial charge in [-0.2, -0.15) is 0 Å². The number of hydrogen-bond donors (Lipinski definition) is 0. The van der Waals surface area contributed by atoms with Crippen molar-refractivity contribution in [2.24, 2.45) is 0 Å². The van der Waals surface area contributed by atoms with Gasteiger partial charge in [-0.05, 0) is 32.2 Å². The molecule has 0 N–H and O–H groups in total. The van der Waals surface area contributed by atoms with Crippen molar-refractivity contribution in [1.82, 2.24) is 0 Å². The Morgan fingerprint density at radius 3 is 1.83 bits per heavy atom. The molecule has 0 heterocycles. The van der Waals surface area contributed by atoms with Gasteiger partial charge in [0, 0.05) is 18.8 Å². The Bertz CT molecular complexity index is 193. The molecule has 0 aromatic carbocycles. The average Bonchev–Trinajstić information content (AvgIpc) is 2.40. The minimum Gasteiger partial charge on any atom is -0.394 e. The quantitative estimate of drug-likeness (QED) is 0.433. The molecule has 0 aliphatic heterocycles. The molecular formula is C15H32O2Si. The van der Waals surface area contributed by atoms with Crippen molar-refractivity contribution in [2.75, 3.05) is 13.2 Å². The minimum absolute atomic E-state index is 0.736. The van der Waals surface area contributed by atoms with E-state index in [1.807, 2.05) is 0 Å². The van der Waals surface area contributed by atoms with Crippen molar-refractivity contribution in [3.05, 3.63) is 0 Å². The second-order valence-electron chi connectivity index (χ2n) is 5.75. The number of hydrogen-bond acceptors (Lipinski definition) is 2. The molecule has 0 aromatic heterocycles. The Balaban J connectivity index is 2.47. The second kappa shape index (κ2) is 9.11. The van der Waals surface area contributed by atoms with Gasteiger partial charge in [-0.25, -0.2) is 0 Å². The molecular weight excluding hydrogens is 240 g/mol. The van der Waals surface area contributed by atoms with E-state index in [-0.39, 0.29) is 0 Å². The fourth-order valence-electron chi connectivity index (χ4n) is 2.74. The Hall–Kier alpha value is 0.137. The SMILES string of the molecule is CCCCO[Si](C)(OCCCC)C1CCCCC1.